The molecule has 1 aromatic rings. The molecule has 0 saturated heterocycles. The summed E-state index contributed by atoms with van der Waals surface area (Å²) in [6.07, 6.45) is 3.93. The van der Waals surface area contributed by atoms with E-state index in [-0.39, 0.29) is 17.7 Å². The monoisotopic (exact) mass is 297 g/mol. The average molecular weight is 297 g/mol. The van der Waals surface area contributed by atoms with Crippen molar-refractivity contribution in [2.24, 2.45) is 23.7 Å². The summed E-state index contributed by atoms with van der Waals surface area (Å²) < 4.78 is 0. The maximum Gasteiger partial charge on any atom is 0.308 e. The van der Waals surface area contributed by atoms with Gasteiger partial charge in [-0.25, -0.2) is 0 Å². The van der Waals surface area contributed by atoms with Gasteiger partial charge in [0.25, 0.3) is 0 Å². The molecular formula is C18H19NO3. The van der Waals surface area contributed by atoms with Gasteiger partial charge in [-0.2, -0.15) is 0 Å². The van der Waals surface area contributed by atoms with Crippen LogP contribution in [0.5, 0.6) is 0 Å². The fraction of sp³-hybridized carbons (Fsp3) is 0.333. The minimum atomic E-state index is -0.899. The fourth-order valence-corrected chi connectivity index (χ4v) is 3.79. The van der Waals surface area contributed by atoms with E-state index in [2.05, 4.69) is 5.32 Å². The summed E-state index contributed by atoms with van der Waals surface area (Å²) in [5, 5.41) is 12.4. The van der Waals surface area contributed by atoms with Crippen LogP contribution in [0.4, 0.5) is 5.69 Å². The van der Waals surface area contributed by atoms with Crippen LogP contribution in [0.2, 0.25) is 0 Å². The van der Waals surface area contributed by atoms with Crippen molar-refractivity contribution in [3.8, 4) is 0 Å². The Balaban J connectivity index is 1.92. The first-order valence-corrected chi connectivity index (χ1v) is 7.45. The van der Waals surface area contributed by atoms with Gasteiger partial charge in [-0.15, -0.1) is 0 Å². The van der Waals surface area contributed by atoms with Crippen molar-refractivity contribution in [2.75, 3.05) is 5.32 Å². The van der Waals surface area contributed by atoms with Crippen molar-refractivity contribution in [2.45, 2.75) is 13.8 Å². The van der Waals surface area contributed by atoms with Crippen LogP contribution in [0.25, 0.3) is 0 Å². The number of hydrogen-bond donors (Lipinski definition) is 2. The van der Waals surface area contributed by atoms with Crippen LogP contribution in [0.15, 0.2) is 53.6 Å². The second-order valence-electron chi connectivity index (χ2n) is 6.14. The van der Waals surface area contributed by atoms with Gasteiger partial charge in [0.15, 0.2) is 0 Å². The van der Waals surface area contributed by atoms with Crippen molar-refractivity contribution in [3.05, 3.63) is 53.6 Å². The highest BCUT2D eigenvalue weighted by Crippen LogP contribution is 2.53. The molecule has 2 N–H and O–H groups in total. The number of hydrogen-bond acceptors (Lipinski definition) is 2. The average Bonchev–Trinajstić information content (AvgIpc) is 3.03. The van der Waals surface area contributed by atoms with E-state index in [9.17, 15) is 14.7 Å². The SMILES string of the molecule is CC(C)=C1[C@H]2C=C[C@@H]1[C@@H](C(=O)Nc1ccccc1)[C@H]2C(=O)O. The van der Waals surface area contributed by atoms with Crippen LogP contribution < -0.4 is 5.32 Å². The summed E-state index contributed by atoms with van der Waals surface area (Å²) >= 11 is 0. The molecule has 0 unspecified atom stereocenters. The lowest BCUT2D eigenvalue weighted by atomic mass is 9.82. The third-order valence-electron chi connectivity index (χ3n) is 4.61. The van der Waals surface area contributed by atoms with Crippen molar-refractivity contribution < 1.29 is 14.7 Å². The molecule has 0 heterocycles. The second kappa shape index (κ2) is 5.44. The number of benzene rings is 1. The van der Waals surface area contributed by atoms with E-state index >= 15 is 0 Å². The second-order valence-corrected chi connectivity index (χ2v) is 6.14. The number of carboxylic acid groups (broad SMARTS) is 1. The van der Waals surface area contributed by atoms with Gasteiger partial charge in [0, 0.05) is 17.5 Å². The van der Waals surface area contributed by atoms with Crippen LogP contribution in [0.3, 0.4) is 0 Å². The van der Waals surface area contributed by atoms with Gasteiger partial charge in [-0.1, -0.05) is 41.5 Å². The first kappa shape index (κ1) is 14.6. The maximum atomic E-state index is 12.7. The Morgan fingerprint density at radius 2 is 1.59 bits per heavy atom. The zero-order valence-electron chi connectivity index (χ0n) is 12.6. The van der Waals surface area contributed by atoms with Crippen molar-refractivity contribution >= 4 is 17.6 Å². The van der Waals surface area contributed by atoms with Crippen LogP contribution in [0.1, 0.15) is 13.8 Å². The first-order chi connectivity index (χ1) is 10.5. The fourth-order valence-electron chi connectivity index (χ4n) is 3.79. The topological polar surface area (TPSA) is 66.4 Å². The molecule has 4 atom stereocenters. The largest absolute Gasteiger partial charge is 0.481 e. The molecule has 0 aliphatic heterocycles. The lowest BCUT2D eigenvalue weighted by Gasteiger charge is -2.23. The zero-order valence-corrected chi connectivity index (χ0v) is 12.6. The molecule has 1 fully saturated rings. The summed E-state index contributed by atoms with van der Waals surface area (Å²) in [5.74, 6) is -2.59. The maximum absolute atomic E-state index is 12.7. The molecule has 2 aliphatic carbocycles. The lowest BCUT2D eigenvalue weighted by Crippen LogP contribution is -2.36. The molecule has 22 heavy (non-hydrogen) atoms. The first-order valence-electron chi connectivity index (χ1n) is 7.45. The minimum absolute atomic E-state index is 0.0974. The van der Waals surface area contributed by atoms with Gasteiger partial charge in [-0.3, -0.25) is 9.59 Å². The zero-order chi connectivity index (χ0) is 15.9. The summed E-state index contributed by atoms with van der Waals surface area (Å²) in [4.78, 5) is 24.3. The Morgan fingerprint density at radius 1 is 1.00 bits per heavy atom. The number of carboxylic acids is 1. The predicted octanol–water partition coefficient (Wildman–Crippen LogP) is 3.09. The van der Waals surface area contributed by atoms with Gasteiger partial charge in [0.2, 0.25) is 5.91 Å². The number of allylic oxidation sites excluding steroid dienone is 4. The van der Waals surface area contributed by atoms with Gasteiger partial charge >= 0.3 is 5.97 Å². The smallest absolute Gasteiger partial charge is 0.308 e. The Morgan fingerprint density at radius 3 is 2.14 bits per heavy atom. The number of fused-ring (bicyclic) bond motifs is 2. The molecule has 4 nitrogen and oxygen atoms in total. The Hall–Kier alpha value is -2.36. The number of amides is 1. The number of rotatable bonds is 3. The van der Waals surface area contributed by atoms with E-state index in [4.69, 9.17) is 0 Å². The van der Waals surface area contributed by atoms with Crippen LogP contribution in [-0.2, 0) is 9.59 Å². The standard InChI is InChI=1S/C18H19NO3/c1-10(2)14-12-8-9-13(14)16(18(21)22)15(12)17(20)19-11-6-4-3-5-7-11/h3-9,12-13,15-16H,1-2H3,(H,19,20)(H,21,22)/t12-,13+,15+,16-/m0/s1. The molecule has 0 spiro atoms. The number of carbonyl (C=O) groups is 2. The molecule has 2 aliphatic rings. The molecule has 114 valence electrons. The highest BCUT2D eigenvalue weighted by molar-refractivity contribution is 5.97. The van der Waals surface area contributed by atoms with Crippen LogP contribution >= 0.6 is 0 Å². The molecule has 0 aromatic heterocycles. The molecule has 4 heteroatoms. The van der Waals surface area contributed by atoms with Gasteiger partial charge in [0.1, 0.15) is 0 Å². The van der Waals surface area contributed by atoms with E-state index in [0.29, 0.717) is 5.69 Å². The van der Waals surface area contributed by atoms with Gasteiger partial charge in [0.05, 0.1) is 11.8 Å². The number of para-hydroxylation sites is 1. The Bertz CT molecular complexity index is 671. The van der Waals surface area contributed by atoms with E-state index in [1.165, 1.54) is 0 Å². The number of carbonyl (C=O) groups excluding carboxylic acids is 1. The lowest BCUT2D eigenvalue weighted by molar-refractivity contribution is -0.146. The van der Waals surface area contributed by atoms with E-state index in [0.717, 1.165) is 11.1 Å². The van der Waals surface area contributed by atoms with Gasteiger partial charge < -0.3 is 10.4 Å². The third-order valence-corrected chi connectivity index (χ3v) is 4.61. The molecule has 3 rings (SSSR count). The molecule has 1 aromatic carbocycles. The summed E-state index contributed by atoms with van der Waals surface area (Å²) in [7, 11) is 0. The predicted molar refractivity (Wildman–Crippen MR) is 84.2 cm³/mol. The quantitative estimate of drug-likeness (QED) is 0.843. The number of nitrogens with one attached hydrogen (secondary N) is 1. The third kappa shape index (κ3) is 2.25. The highest BCUT2D eigenvalue weighted by Gasteiger charge is 2.54. The molecule has 1 saturated carbocycles. The van der Waals surface area contributed by atoms with E-state index in [1.54, 1.807) is 12.1 Å². The summed E-state index contributed by atoms with van der Waals surface area (Å²) in [6.45, 7) is 3.97. The van der Waals surface area contributed by atoms with Crippen molar-refractivity contribution in [3.63, 3.8) is 0 Å². The van der Waals surface area contributed by atoms with Gasteiger partial charge in [-0.05, 0) is 26.0 Å². The summed E-state index contributed by atoms with van der Waals surface area (Å²) in [6, 6.07) is 9.16. The minimum Gasteiger partial charge on any atom is -0.481 e. The van der Waals surface area contributed by atoms with E-state index < -0.39 is 17.8 Å². The van der Waals surface area contributed by atoms with Crippen molar-refractivity contribution in [1.82, 2.24) is 0 Å². The summed E-state index contributed by atoms with van der Waals surface area (Å²) in [5.41, 5.74) is 2.91. The molecule has 2 bridgehead atoms. The Kier molecular flexibility index (Phi) is 3.61. The Labute approximate surface area is 129 Å². The normalized spacial score (nSPS) is 28.7. The molecule has 1 amide bonds. The van der Waals surface area contributed by atoms with Crippen LogP contribution in [-0.4, -0.2) is 17.0 Å². The van der Waals surface area contributed by atoms with Crippen molar-refractivity contribution in [1.29, 1.82) is 0 Å². The van der Waals surface area contributed by atoms with Crippen LogP contribution in [0, 0.1) is 23.7 Å². The van der Waals surface area contributed by atoms with E-state index in [1.807, 2.05) is 44.2 Å². The molecular weight excluding hydrogens is 278 g/mol. The number of anilines is 1. The molecule has 0 radical (unpaired) electrons. The highest BCUT2D eigenvalue weighted by atomic mass is 16.4. The number of aliphatic carboxylic acids is 1.